The van der Waals surface area contributed by atoms with Gasteiger partial charge in [-0.15, -0.1) is 0 Å². The first-order chi connectivity index (χ1) is 17.2. The molecule has 1 aliphatic rings. The largest absolute Gasteiger partial charge is 0.505 e. The van der Waals surface area contributed by atoms with E-state index in [1.54, 1.807) is 23.1 Å². The first-order valence-electron chi connectivity index (χ1n) is 11.8. The highest BCUT2D eigenvalue weighted by Gasteiger charge is 2.35. The Kier molecular flexibility index (Phi) is 7.24. The van der Waals surface area contributed by atoms with Crippen molar-refractivity contribution >= 4 is 17.5 Å². The molecule has 1 heterocycles. The van der Waals surface area contributed by atoms with Crippen LogP contribution in [0.1, 0.15) is 46.5 Å². The number of hydrogen-bond acceptors (Lipinski definition) is 4. The van der Waals surface area contributed by atoms with E-state index in [2.05, 4.69) is 10.6 Å². The Hall–Kier alpha value is -3.94. The van der Waals surface area contributed by atoms with Gasteiger partial charge in [0, 0.05) is 42.4 Å². The van der Waals surface area contributed by atoms with Crippen molar-refractivity contribution in [2.24, 2.45) is 0 Å². The molecule has 0 aliphatic carbocycles. The van der Waals surface area contributed by atoms with Gasteiger partial charge >= 0.3 is 0 Å². The minimum atomic E-state index is -1.03. The Morgan fingerprint density at radius 3 is 2.53 bits per heavy atom. The molecule has 0 spiro atoms. The fourth-order valence-corrected chi connectivity index (χ4v) is 4.39. The van der Waals surface area contributed by atoms with Gasteiger partial charge < -0.3 is 20.6 Å². The highest BCUT2D eigenvalue weighted by atomic mass is 19.1. The molecule has 0 saturated carbocycles. The van der Waals surface area contributed by atoms with Gasteiger partial charge in [0.1, 0.15) is 11.9 Å². The van der Waals surface area contributed by atoms with Gasteiger partial charge in [-0.25, -0.2) is 8.78 Å². The highest BCUT2D eigenvalue weighted by Crippen LogP contribution is 2.28. The van der Waals surface area contributed by atoms with Crippen LogP contribution >= 0.6 is 0 Å². The van der Waals surface area contributed by atoms with E-state index in [0.717, 1.165) is 28.8 Å². The monoisotopic (exact) mass is 493 g/mol. The second kappa shape index (κ2) is 10.4. The van der Waals surface area contributed by atoms with Crippen molar-refractivity contribution in [3.63, 3.8) is 0 Å². The number of nitrogens with one attached hydrogen (secondary N) is 2. The highest BCUT2D eigenvalue weighted by molar-refractivity contribution is 5.99. The third kappa shape index (κ3) is 5.17. The van der Waals surface area contributed by atoms with E-state index >= 15 is 0 Å². The van der Waals surface area contributed by atoms with Crippen LogP contribution in [0.2, 0.25) is 0 Å². The minimum Gasteiger partial charge on any atom is -0.505 e. The van der Waals surface area contributed by atoms with E-state index in [9.17, 15) is 23.5 Å². The van der Waals surface area contributed by atoms with Crippen LogP contribution in [0, 0.1) is 18.6 Å². The maximum Gasteiger partial charge on any atom is 0.254 e. The number of anilines is 1. The second-order valence-electron chi connectivity index (χ2n) is 9.33. The summed E-state index contributed by atoms with van der Waals surface area (Å²) >= 11 is 0. The first-order valence-corrected chi connectivity index (χ1v) is 11.8. The van der Waals surface area contributed by atoms with Gasteiger partial charge in [-0.3, -0.25) is 9.59 Å². The van der Waals surface area contributed by atoms with Gasteiger partial charge in [0.15, 0.2) is 11.6 Å². The first kappa shape index (κ1) is 25.2. The van der Waals surface area contributed by atoms with Crippen LogP contribution in [-0.4, -0.2) is 33.9 Å². The summed E-state index contributed by atoms with van der Waals surface area (Å²) in [5.74, 6) is -2.98. The van der Waals surface area contributed by atoms with Gasteiger partial charge in [0.05, 0.1) is 0 Å². The Morgan fingerprint density at radius 1 is 1.08 bits per heavy atom. The molecule has 0 radical (unpaired) electrons. The number of rotatable bonds is 6. The molecule has 36 heavy (non-hydrogen) atoms. The lowest BCUT2D eigenvalue weighted by Gasteiger charge is -2.36. The molecule has 1 aliphatic heterocycles. The molecule has 4 rings (SSSR count). The molecule has 1 atom stereocenters. The molecular weight excluding hydrogens is 464 g/mol. The molecule has 0 saturated heterocycles. The predicted molar refractivity (Wildman–Crippen MR) is 134 cm³/mol. The van der Waals surface area contributed by atoms with E-state index in [-0.39, 0.29) is 30.0 Å². The molecule has 2 amide bonds. The SMILES string of the molecule is Cc1ccc(C(=O)N2Cc3ccccc3C[C@H]2C(=O)NC(C)C)cc1NCc1c(F)ccc(O)c1F. The van der Waals surface area contributed by atoms with Crippen LogP contribution in [-0.2, 0) is 24.3 Å². The summed E-state index contributed by atoms with van der Waals surface area (Å²) in [5, 5.41) is 15.5. The number of amides is 2. The van der Waals surface area contributed by atoms with Crippen LogP contribution in [0.3, 0.4) is 0 Å². The van der Waals surface area contributed by atoms with Crippen molar-refractivity contribution in [3.05, 3.63) is 94.0 Å². The van der Waals surface area contributed by atoms with E-state index in [4.69, 9.17) is 0 Å². The fraction of sp³-hybridized carbons (Fsp3) is 0.286. The smallest absolute Gasteiger partial charge is 0.254 e. The lowest BCUT2D eigenvalue weighted by molar-refractivity contribution is -0.126. The summed E-state index contributed by atoms with van der Waals surface area (Å²) in [4.78, 5) is 28.3. The molecule has 8 heteroatoms. The summed E-state index contributed by atoms with van der Waals surface area (Å²) in [7, 11) is 0. The van der Waals surface area contributed by atoms with Gasteiger partial charge in [0.25, 0.3) is 5.91 Å². The van der Waals surface area contributed by atoms with Gasteiger partial charge in [-0.1, -0.05) is 30.3 Å². The maximum atomic E-state index is 14.2. The van der Waals surface area contributed by atoms with Crippen LogP contribution in [0.4, 0.5) is 14.5 Å². The van der Waals surface area contributed by atoms with Crippen molar-refractivity contribution in [1.29, 1.82) is 0 Å². The van der Waals surface area contributed by atoms with Crippen molar-refractivity contribution < 1.29 is 23.5 Å². The Bertz CT molecular complexity index is 1310. The van der Waals surface area contributed by atoms with E-state index in [0.29, 0.717) is 24.2 Å². The summed E-state index contributed by atoms with van der Waals surface area (Å²) in [5.41, 5.74) is 3.35. The number of carbonyl (C=O) groups excluding carboxylic acids is 2. The van der Waals surface area contributed by atoms with Crippen LogP contribution in [0.15, 0.2) is 54.6 Å². The lowest BCUT2D eigenvalue weighted by atomic mass is 9.92. The standard InChI is InChI=1S/C28H29F2N3O3/c1-16(2)32-27(35)24-13-18-6-4-5-7-20(18)15-33(24)28(36)19-9-8-17(3)23(12-19)31-14-21-22(29)10-11-25(34)26(21)30/h4-12,16,24,31,34H,13-15H2,1-3H3,(H,32,35)/t24-/m0/s1. The van der Waals surface area contributed by atoms with Crippen LogP contribution < -0.4 is 10.6 Å². The molecular formula is C28H29F2N3O3. The zero-order valence-electron chi connectivity index (χ0n) is 20.4. The molecule has 0 aromatic heterocycles. The third-order valence-electron chi connectivity index (χ3n) is 6.35. The zero-order valence-corrected chi connectivity index (χ0v) is 20.4. The Balaban J connectivity index is 1.61. The van der Waals surface area contributed by atoms with Crippen molar-refractivity contribution in [2.45, 2.75) is 52.4 Å². The number of aryl methyl sites for hydroxylation is 1. The molecule has 3 N–H and O–H groups in total. The molecule has 3 aromatic rings. The summed E-state index contributed by atoms with van der Waals surface area (Å²) in [6, 6.07) is 14.0. The summed E-state index contributed by atoms with van der Waals surface area (Å²) in [6.07, 6.45) is 0.410. The average molecular weight is 494 g/mol. The number of carbonyl (C=O) groups is 2. The fourth-order valence-electron chi connectivity index (χ4n) is 4.39. The number of nitrogens with zero attached hydrogens (tertiary/aromatic N) is 1. The average Bonchev–Trinajstić information content (AvgIpc) is 2.85. The number of phenols is 1. The third-order valence-corrected chi connectivity index (χ3v) is 6.35. The van der Waals surface area contributed by atoms with Crippen molar-refractivity contribution in [2.75, 3.05) is 5.32 Å². The number of fused-ring (bicyclic) bond motifs is 1. The predicted octanol–water partition coefficient (Wildman–Crippen LogP) is 4.68. The second-order valence-corrected chi connectivity index (χ2v) is 9.33. The maximum absolute atomic E-state index is 14.2. The lowest BCUT2D eigenvalue weighted by Crippen LogP contribution is -2.53. The molecule has 0 unspecified atom stereocenters. The van der Waals surface area contributed by atoms with E-state index in [1.165, 1.54) is 0 Å². The van der Waals surface area contributed by atoms with Crippen LogP contribution in [0.5, 0.6) is 5.75 Å². The topological polar surface area (TPSA) is 81.7 Å². The van der Waals surface area contributed by atoms with Crippen molar-refractivity contribution in [1.82, 2.24) is 10.2 Å². The van der Waals surface area contributed by atoms with Gasteiger partial charge in [0.2, 0.25) is 5.91 Å². The van der Waals surface area contributed by atoms with Crippen molar-refractivity contribution in [3.8, 4) is 5.75 Å². The Labute approximate surface area is 208 Å². The van der Waals surface area contributed by atoms with Gasteiger partial charge in [-0.05, 0) is 61.7 Å². The number of halogens is 2. The number of aromatic hydroxyl groups is 1. The Morgan fingerprint density at radius 2 is 1.81 bits per heavy atom. The van der Waals surface area contributed by atoms with Crippen LogP contribution in [0.25, 0.3) is 0 Å². The molecule has 0 bridgehead atoms. The molecule has 0 fully saturated rings. The summed E-state index contributed by atoms with van der Waals surface area (Å²) < 4.78 is 28.3. The number of benzene rings is 3. The molecule has 3 aromatic carbocycles. The zero-order chi connectivity index (χ0) is 26.0. The summed E-state index contributed by atoms with van der Waals surface area (Å²) in [6.45, 7) is 5.62. The normalized spacial score (nSPS) is 14.9. The van der Waals surface area contributed by atoms with E-state index in [1.807, 2.05) is 45.0 Å². The van der Waals surface area contributed by atoms with Gasteiger partial charge in [-0.2, -0.15) is 0 Å². The number of hydrogen-bond donors (Lipinski definition) is 3. The van der Waals surface area contributed by atoms with E-state index < -0.39 is 23.4 Å². The number of phenolic OH excluding ortho intramolecular Hbond substituents is 1. The quantitative estimate of drug-likeness (QED) is 0.466. The molecule has 6 nitrogen and oxygen atoms in total. The minimum absolute atomic E-state index is 0.0694. The molecule has 188 valence electrons.